The molecule has 27 heavy (non-hydrogen) atoms. The lowest BCUT2D eigenvalue weighted by Gasteiger charge is -2.19. The van der Waals surface area contributed by atoms with Gasteiger partial charge in [0.2, 0.25) is 5.91 Å². The normalized spacial score (nSPS) is 11.0. The molecule has 144 valence electrons. The number of carbonyl (C=O) groups excluding carboxylic acids is 2. The van der Waals surface area contributed by atoms with Crippen LogP contribution in [-0.4, -0.2) is 17.6 Å². The minimum atomic E-state index is -0.564. The van der Waals surface area contributed by atoms with E-state index in [4.69, 9.17) is 4.74 Å². The molecule has 0 fully saturated rings. The van der Waals surface area contributed by atoms with E-state index < -0.39 is 11.7 Å². The smallest absolute Gasteiger partial charge is 0.412 e. The molecule has 0 saturated heterocycles. The summed E-state index contributed by atoms with van der Waals surface area (Å²) in [5.41, 5.74) is 2.24. The fourth-order valence-corrected chi connectivity index (χ4v) is 2.39. The molecule has 0 atom stereocenters. The van der Waals surface area contributed by atoms with Gasteiger partial charge < -0.3 is 10.1 Å². The molecule has 0 aliphatic carbocycles. The molecule has 2 amide bonds. The molecule has 0 spiro atoms. The third-order valence-corrected chi connectivity index (χ3v) is 3.68. The van der Waals surface area contributed by atoms with Gasteiger partial charge in [-0.3, -0.25) is 10.1 Å². The molecular weight excluding hydrogens is 347 g/mol. The Morgan fingerprint density at radius 2 is 1.67 bits per heavy atom. The van der Waals surface area contributed by atoms with Crippen molar-refractivity contribution in [3.05, 3.63) is 65.0 Å². The maximum atomic E-state index is 13.3. The number of hydrogen-bond donors (Lipinski definition) is 2. The summed E-state index contributed by atoms with van der Waals surface area (Å²) >= 11 is 0. The van der Waals surface area contributed by atoms with Gasteiger partial charge in [-0.25, -0.2) is 9.18 Å². The first-order chi connectivity index (χ1) is 12.6. The molecule has 0 heterocycles. The van der Waals surface area contributed by atoms with E-state index in [0.29, 0.717) is 17.8 Å². The van der Waals surface area contributed by atoms with Crippen molar-refractivity contribution in [2.75, 3.05) is 5.32 Å². The van der Waals surface area contributed by atoms with Gasteiger partial charge in [-0.15, -0.1) is 0 Å². The molecule has 0 aliphatic rings. The summed E-state index contributed by atoms with van der Waals surface area (Å²) in [6.45, 7) is 7.41. The Hall–Kier alpha value is -2.89. The lowest BCUT2D eigenvalue weighted by atomic mass is 10.1. The van der Waals surface area contributed by atoms with E-state index in [1.165, 1.54) is 6.07 Å². The van der Waals surface area contributed by atoms with E-state index in [1.54, 1.807) is 64.1 Å². The van der Waals surface area contributed by atoms with Crippen molar-refractivity contribution in [1.29, 1.82) is 0 Å². The minimum Gasteiger partial charge on any atom is -0.444 e. The maximum Gasteiger partial charge on any atom is 0.412 e. The summed E-state index contributed by atoms with van der Waals surface area (Å²) in [6.07, 6.45) is -0.310. The second-order valence-corrected chi connectivity index (χ2v) is 7.36. The molecule has 0 radical (unpaired) electrons. The van der Waals surface area contributed by atoms with Crippen molar-refractivity contribution in [3.8, 4) is 0 Å². The van der Waals surface area contributed by atoms with Gasteiger partial charge >= 0.3 is 6.09 Å². The molecule has 0 aliphatic heterocycles. The van der Waals surface area contributed by atoms with Crippen LogP contribution in [0.4, 0.5) is 14.9 Å². The summed E-state index contributed by atoms with van der Waals surface area (Å²) < 4.78 is 18.4. The molecule has 5 nitrogen and oxygen atoms in total. The van der Waals surface area contributed by atoms with Gasteiger partial charge in [0.1, 0.15) is 11.4 Å². The van der Waals surface area contributed by atoms with Crippen LogP contribution >= 0.6 is 0 Å². The fraction of sp³-hybridized carbons (Fsp3) is 0.333. The third kappa shape index (κ3) is 7.09. The van der Waals surface area contributed by atoms with Gasteiger partial charge in [0, 0.05) is 12.2 Å². The number of rotatable bonds is 5. The van der Waals surface area contributed by atoms with Crippen molar-refractivity contribution >= 4 is 17.7 Å². The number of nitrogens with one attached hydrogen (secondary N) is 2. The topological polar surface area (TPSA) is 67.4 Å². The highest BCUT2D eigenvalue weighted by Crippen LogP contribution is 2.13. The third-order valence-electron chi connectivity index (χ3n) is 3.68. The van der Waals surface area contributed by atoms with Crippen molar-refractivity contribution in [2.24, 2.45) is 0 Å². The van der Waals surface area contributed by atoms with Crippen molar-refractivity contribution < 1.29 is 18.7 Å². The predicted octanol–water partition coefficient (Wildman–Crippen LogP) is 4.34. The lowest BCUT2D eigenvalue weighted by molar-refractivity contribution is -0.120. The standard InChI is InChI=1S/C21H25FN2O3/c1-14-11-16(7-10-18(14)22)13-23-19(25)12-15-5-8-17(9-6-15)24-20(26)27-21(2,3)4/h5-11H,12-13H2,1-4H3,(H,23,25)(H,24,26). The second kappa shape index (κ2) is 8.66. The van der Waals surface area contributed by atoms with Gasteiger partial charge in [0.25, 0.3) is 0 Å². The molecule has 0 aromatic heterocycles. The highest BCUT2D eigenvalue weighted by Gasteiger charge is 2.16. The largest absolute Gasteiger partial charge is 0.444 e. The fourth-order valence-electron chi connectivity index (χ4n) is 2.39. The van der Waals surface area contributed by atoms with Crippen molar-refractivity contribution in [3.63, 3.8) is 0 Å². The number of hydrogen-bond acceptors (Lipinski definition) is 3. The molecule has 2 aromatic rings. The first-order valence-corrected chi connectivity index (χ1v) is 8.73. The van der Waals surface area contributed by atoms with Crippen LogP contribution in [0.25, 0.3) is 0 Å². The van der Waals surface area contributed by atoms with E-state index in [1.807, 2.05) is 0 Å². The van der Waals surface area contributed by atoms with E-state index in [9.17, 15) is 14.0 Å². The molecule has 0 bridgehead atoms. The molecule has 0 saturated carbocycles. The number of aryl methyl sites for hydroxylation is 1. The second-order valence-electron chi connectivity index (χ2n) is 7.36. The van der Waals surface area contributed by atoms with Crippen LogP contribution in [0, 0.1) is 12.7 Å². The molecule has 0 unspecified atom stereocenters. The minimum absolute atomic E-state index is 0.134. The first kappa shape index (κ1) is 20.4. The van der Waals surface area contributed by atoms with Crippen molar-refractivity contribution in [2.45, 2.75) is 46.3 Å². The zero-order valence-corrected chi connectivity index (χ0v) is 16.1. The number of anilines is 1. The Kier molecular flexibility index (Phi) is 6.55. The van der Waals surface area contributed by atoms with Crippen LogP contribution in [0.1, 0.15) is 37.5 Å². The number of benzene rings is 2. The monoisotopic (exact) mass is 372 g/mol. The Balaban J connectivity index is 1.83. The maximum absolute atomic E-state index is 13.3. The summed E-state index contributed by atoms with van der Waals surface area (Å²) in [5, 5.41) is 5.46. The Bertz CT molecular complexity index is 811. The van der Waals surface area contributed by atoms with Crippen LogP contribution in [0.2, 0.25) is 0 Å². The van der Waals surface area contributed by atoms with Gasteiger partial charge in [-0.05, 0) is 62.6 Å². The average Bonchev–Trinajstić information content (AvgIpc) is 2.56. The Morgan fingerprint density at radius 3 is 2.26 bits per heavy atom. The van der Waals surface area contributed by atoms with E-state index in [0.717, 1.165) is 11.1 Å². The molecule has 2 rings (SSSR count). The van der Waals surface area contributed by atoms with Crippen LogP contribution in [-0.2, 0) is 22.5 Å². The molecule has 2 N–H and O–H groups in total. The van der Waals surface area contributed by atoms with E-state index in [2.05, 4.69) is 10.6 Å². The van der Waals surface area contributed by atoms with Crippen molar-refractivity contribution in [1.82, 2.24) is 5.32 Å². The number of halogens is 1. The number of ether oxygens (including phenoxy) is 1. The highest BCUT2D eigenvalue weighted by atomic mass is 19.1. The van der Waals surface area contributed by atoms with Gasteiger partial charge in [-0.1, -0.05) is 24.3 Å². The SMILES string of the molecule is Cc1cc(CNC(=O)Cc2ccc(NC(=O)OC(C)(C)C)cc2)ccc1F. The summed E-state index contributed by atoms with van der Waals surface area (Å²) in [7, 11) is 0. The van der Waals surface area contributed by atoms with Crippen LogP contribution in [0.3, 0.4) is 0 Å². The van der Waals surface area contributed by atoms with E-state index >= 15 is 0 Å². The summed E-state index contributed by atoms with van der Waals surface area (Å²) in [4.78, 5) is 23.8. The van der Waals surface area contributed by atoms with Crippen LogP contribution in [0.5, 0.6) is 0 Å². The van der Waals surface area contributed by atoms with Gasteiger partial charge in [0.05, 0.1) is 6.42 Å². The first-order valence-electron chi connectivity index (χ1n) is 8.73. The zero-order chi connectivity index (χ0) is 20.0. The summed E-state index contributed by atoms with van der Waals surface area (Å²) in [6, 6.07) is 11.7. The Labute approximate surface area is 158 Å². The lowest BCUT2D eigenvalue weighted by Crippen LogP contribution is -2.27. The van der Waals surface area contributed by atoms with Gasteiger partial charge in [-0.2, -0.15) is 0 Å². The van der Waals surface area contributed by atoms with Crippen LogP contribution in [0.15, 0.2) is 42.5 Å². The Morgan fingerprint density at radius 1 is 1.04 bits per heavy atom. The predicted molar refractivity (Wildman–Crippen MR) is 103 cm³/mol. The summed E-state index contributed by atoms with van der Waals surface area (Å²) in [5.74, 6) is -0.394. The number of amides is 2. The van der Waals surface area contributed by atoms with E-state index in [-0.39, 0.29) is 18.1 Å². The zero-order valence-electron chi connectivity index (χ0n) is 16.1. The van der Waals surface area contributed by atoms with Crippen LogP contribution < -0.4 is 10.6 Å². The number of carbonyl (C=O) groups is 2. The molecule has 6 heteroatoms. The van der Waals surface area contributed by atoms with Gasteiger partial charge in [0.15, 0.2) is 0 Å². The average molecular weight is 372 g/mol. The quantitative estimate of drug-likeness (QED) is 0.820. The highest BCUT2D eigenvalue weighted by molar-refractivity contribution is 5.85. The molecular formula is C21H25FN2O3. The molecule has 2 aromatic carbocycles.